The molecule has 0 amide bonds. The Morgan fingerprint density at radius 2 is 1.92 bits per heavy atom. The number of aromatic nitrogens is 2. The predicted octanol–water partition coefficient (Wildman–Crippen LogP) is 6.87. The van der Waals surface area contributed by atoms with Gasteiger partial charge in [-0.3, -0.25) is 4.98 Å². The van der Waals surface area contributed by atoms with Crippen molar-refractivity contribution in [1.82, 2.24) is 9.97 Å². The van der Waals surface area contributed by atoms with E-state index in [1.54, 1.807) is 11.3 Å². The van der Waals surface area contributed by atoms with Crippen LogP contribution in [0.25, 0.3) is 21.1 Å². The summed E-state index contributed by atoms with van der Waals surface area (Å²) in [5, 5.41) is 4.69. The maximum absolute atomic E-state index is 4.52. The molecule has 4 rings (SSSR count). The normalized spacial score (nSPS) is 12.0. The van der Waals surface area contributed by atoms with Crippen LogP contribution in [-0.2, 0) is 0 Å². The quantitative estimate of drug-likeness (QED) is 0.384. The average molecular weight is 380 g/mol. The molecule has 0 atom stereocenters. The first-order chi connectivity index (χ1) is 12.5. The molecule has 0 unspecified atom stereocenters. The largest absolute Gasteiger partial charge is 0.355 e. The SMILES string of the molecule is CCC(C)(C)Sc1ccc2nccc(Nc3ccc4scnc4c3)c2c1. The summed E-state index contributed by atoms with van der Waals surface area (Å²) in [6.07, 6.45) is 2.98. The molecule has 0 radical (unpaired) electrons. The molecule has 5 heteroatoms. The van der Waals surface area contributed by atoms with Gasteiger partial charge in [-0.25, -0.2) is 4.98 Å². The predicted molar refractivity (Wildman–Crippen MR) is 115 cm³/mol. The Bertz CT molecular complexity index is 1070. The molecule has 0 aliphatic rings. The Hall–Kier alpha value is -2.11. The molecular formula is C21H21N3S2. The summed E-state index contributed by atoms with van der Waals surface area (Å²) < 4.78 is 1.43. The highest BCUT2D eigenvalue weighted by Gasteiger charge is 2.17. The molecule has 4 aromatic rings. The minimum atomic E-state index is 0.221. The molecule has 132 valence electrons. The van der Waals surface area contributed by atoms with E-state index in [9.17, 15) is 0 Å². The number of hydrogen-bond donors (Lipinski definition) is 1. The van der Waals surface area contributed by atoms with Crippen LogP contribution in [0.15, 0.2) is 59.1 Å². The van der Waals surface area contributed by atoms with Gasteiger partial charge in [-0.2, -0.15) is 0 Å². The lowest BCUT2D eigenvalue weighted by Gasteiger charge is -2.22. The zero-order chi connectivity index (χ0) is 18.1. The van der Waals surface area contributed by atoms with E-state index in [0.717, 1.165) is 34.2 Å². The van der Waals surface area contributed by atoms with E-state index in [-0.39, 0.29) is 4.75 Å². The van der Waals surface area contributed by atoms with Gasteiger partial charge in [-0.1, -0.05) is 20.8 Å². The number of thioether (sulfide) groups is 1. The molecule has 0 saturated heterocycles. The molecule has 0 spiro atoms. The van der Waals surface area contributed by atoms with E-state index in [1.165, 1.54) is 9.60 Å². The summed E-state index contributed by atoms with van der Waals surface area (Å²) in [5.74, 6) is 0. The first-order valence-electron chi connectivity index (χ1n) is 8.72. The van der Waals surface area contributed by atoms with E-state index in [0.29, 0.717) is 0 Å². The Kier molecular flexibility index (Phi) is 4.59. The van der Waals surface area contributed by atoms with Gasteiger partial charge in [0.15, 0.2) is 0 Å². The van der Waals surface area contributed by atoms with Crippen LogP contribution in [0, 0.1) is 0 Å². The van der Waals surface area contributed by atoms with Crippen LogP contribution in [0.4, 0.5) is 11.4 Å². The van der Waals surface area contributed by atoms with Crippen molar-refractivity contribution in [2.24, 2.45) is 0 Å². The number of anilines is 2. The molecule has 2 heterocycles. The lowest BCUT2D eigenvalue weighted by molar-refractivity contribution is 0.685. The molecule has 3 nitrogen and oxygen atoms in total. The highest BCUT2D eigenvalue weighted by molar-refractivity contribution is 8.00. The maximum Gasteiger partial charge on any atom is 0.0832 e. The second-order valence-electron chi connectivity index (χ2n) is 6.91. The van der Waals surface area contributed by atoms with E-state index in [1.807, 2.05) is 29.5 Å². The minimum Gasteiger partial charge on any atom is -0.355 e. The second kappa shape index (κ2) is 6.89. The minimum absolute atomic E-state index is 0.221. The van der Waals surface area contributed by atoms with Crippen LogP contribution in [0.3, 0.4) is 0 Å². The third kappa shape index (κ3) is 3.55. The van der Waals surface area contributed by atoms with Crippen LogP contribution >= 0.6 is 23.1 Å². The molecule has 26 heavy (non-hydrogen) atoms. The summed E-state index contributed by atoms with van der Waals surface area (Å²) in [5.41, 5.74) is 6.03. The second-order valence-corrected chi connectivity index (χ2v) is 9.58. The molecule has 0 aliphatic heterocycles. The number of nitrogens with one attached hydrogen (secondary N) is 1. The van der Waals surface area contributed by atoms with Gasteiger partial charge in [0.05, 0.1) is 21.2 Å². The Balaban J connectivity index is 1.71. The van der Waals surface area contributed by atoms with Crippen LogP contribution in [0.2, 0.25) is 0 Å². The number of rotatable bonds is 5. The highest BCUT2D eigenvalue weighted by Crippen LogP contribution is 2.37. The van der Waals surface area contributed by atoms with E-state index < -0.39 is 0 Å². The lowest BCUT2D eigenvalue weighted by Crippen LogP contribution is -2.11. The molecule has 1 N–H and O–H groups in total. The van der Waals surface area contributed by atoms with Gasteiger partial charge in [0, 0.05) is 32.6 Å². The fraction of sp³-hybridized carbons (Fsp3) is 0.238. The standard InChI is InChI=1S/C21H21N3S2/c1-4-21(2,3)26-15-6-7-17-16(12-15)18(9-10-22-17)24-14-5-8-20-19(11-14)23-13-25-20/h5-13H,4H2,1-3H3,(H,22,24). The van der Waals surface area contributed by atoms with Gasteiger partial charge in [-0.15, -0.1) is 23.1 Å². The third-order valence-electron chi connectivity index (χ3n) is 4.57. The van der Waals surface area contributed by atoms with Crippen LogP contribution in [0.5, 0.6) is 0 Å². The summed E-state index contributed by atoms with van der Waals surface area (Å²) in [4.78, 5) is 10.2. The fourth-order valence-corrected chi connectivity index (χ4v) is 4.53. The number of fused-ring (bicyclic) bond motifs is 2. The fourth-order valence-electron chi connectivity index (χ4n) is 2.78. The van der Waals surface area contributed by atoms with Crippen molar-refractivity contribution in [2.45, 2.75) is 36.8 Å². The number of hydrogen-bond acceptors (Lipinski definition) is 5. The van der Waals surface area contributed by atoms with Gasteiger partial charge in [0.1, 0.15) is 0 Å². The first-order valence-corrected chi connectivity index (χ1v) is 10.4. The van der Waals surface area contributed by atoms with Crippen molar-refractivity contribution in [1.29, 1.82) is 0 Å². The molecular weight excluding hydrogens is 358 g/mol. The Morgan fingerprint density at radius 1 is 1.04 bits per heavy atom. The van der Waals surface area contributed by atoms with Crippen molar-refractivity contribution >= 4 is 55.6 Å². The van der Waals surface area contributed by atoms with E-state index in [2.05, 4.69) is 72.5 Å². The Morgan fingerprint density at radius 3 is 2.77 bits per heavy atom. The van der Waals surface area contributed by atoms with Crippen molar-refractivity contribution in [3.05, 3.63) is 54.2 Å². The van der Waals surface area contributed by atoms with Crippen molar-refractivity contribution in [2.75, 3.05) is 5.32 Å². The molecule has 0 saturated carbocycles. The van der Waals surface area contributed by atoms with Gasteiger partial charge in [-0.05, 0) is 48.9 Å². The van der Waals surface area contributed by atoms with Crippen molar-refractivity contribution in [3.63, 3.8) is 0 Å². The molecule has 2 aromatic heterocycles. The highest BCUT2D eigenvalue weighted by atomic mass is 32.2. The Labute approximate surface area is 161 Å². The number of nitrogens with zero attached hydrogens (tertiary/aromatic N) is 2. The van der Waals surface area contributed by atoms with Crippen molar-refractivity contribution < 1.29 is 0 Å². The van der Waals surface area contributed by atoms with E-state index in [4.69, 9.17) is 0 Å². The first kappa shape index (κ1) is 17.3. The van der Waals surface area contributed by atoms with Gasteiger partial charge >= 0.3 is 0 Å². The van der Waals surface area contributed by atoms with Crippen LogP contribution < -0.4 is 5.32 Å². The van der Waals surface area contributed by atoms with Gasteiger partial charge in [0.2, 0.25) is 0 Å². The number of benzene rings is 2. The monoisotopic (exact) mass is 379 g/mol. The maximum atomic E-state index is 4.52. The van der Waals surface area contributed by atoms with E-state index >= 15 is 0 Å². The summed E-state index contributed by atoms with van der Waals surface area (Å²) in [6.45, 7) is 6.80. The zero-order valence-corrected chi connectivity index (χ0v) is 16.7. The van der Waals surface area contributed by atoms with Gasteiger partial charge < -0.3 is 5.32 Å². The number of pyridine rings is 1. The lowest BCUT2D eigenvalue weighted by atomic mass is 10.1. The average Bonchev–Trinajstić information content (AvgIpc) is 3.10. The zero-order valence-electron chi connectivity index (χ0n) is 15.1. The van der Waals surface area contributed by atoms with Crippen LogP contribution in [-0.4, -0.2) is 14.7 Å². The smallest absolute Gasteiger partial charge is 0.0832 e. The van der Waals surface area contributed by atoms with Crippen molar-refractivity contribution in [3.8, 4) is 0 Å². The summed E-state index contributed by atoms with van der Waals surface area (Å²) in [6, 6.07) is 14.9. The number of thiazole rings is 1. The summed E-state index contributed by atoms with van der Waals surface area (Å²) in [7, 11) is 0. The summed E-state index contributed by atoms with van der Waals surface area (Å²) >= 11 is 3.58. The third-order valence-corrected chi connectivity index (χ3v) is 6.71. The molecule has 0 fully saturated rings. The van der Waals surface area contributed by atoms with Crippen LogP contribution in [0.1, 0.15) is 27.2 Å². The molecule has 2 aromatic carbocycles. The molecule has 0 aliphatic carbocycles. The van der Waals surface area contributed by atoms with Gasteiger partial charge in [0.25, 0.3) is 0 Å². The topological polar surface area (TPSA) is 37.8 Å². The molecule has 0 bridgehead atoms.